The van der Waals surface area contributed by atoms with Gasteiger partial charge in [-0.25, -0.2) is 0 Å². The molecule has 0 aromatic carbocycles. The number of rotatable bonds is 6. The van der Waals surface area contributed by atoms with Gasteiger partial charge < -0.3 is 10.1 Å². The minimum atomic E-state index is 0.625. The zero-order valence-corrected chi connectivity index (χ0v) is 9.37. The van der Waals surface area contributed by atoms with E-state index in [4.69, 9.17) is 4.74 Å². The number of hydrogen-bond donors (Lipinski definition) is 1. The Hall–Kier alpha value is 0.270. The van der Waals surface area contributed by atoms with Crippen molar-refractivity contribution < 1.29 is 4.74 Å². The third-order valence-corrected chi connectivity index (χ3v) is 3.17. The van der Waals surface area contributed by atoms with Crippen LogP contribution in [0.4, 0.5) is 0 Å². The highest BCUT2D eigenvalue weighted by Gasteiger charge is 2.11. The Bertz CT molecular complexity index is 115. The van der Waals surface area contributed by atoms with Crippen LogP contribution in [0.15, 0.2) is 0 Å². The molecule has 0 aromatic rings. The fourth-order valence-electron chi connectivity index (χ4n) is 1.55. The summed E-state index contributed by atoms with van der Waals surface area (Å²) in [5, 5.41) is 3.48. The molecule has 78 valence electrons. The molecule has 0 spiro atoms. The number of ether oxygens (including phenoxy) is 1. The Labute approximate surface area is 85.8 Å². The molecule has 0 saturated carbocycles. The quantitative estimate of drug-likeness (QED) is 0.666. The van der Waals surface area contributed by atoms with Gasteiger partial charge in [-0.1, -0.05) is 13.3 Å². The van der Waals surface area contributed by atoms with Crippen LogP contribution in [-0.2, 0) is 4.74 Å². The van der Waals surface area contributed by atoms with Gasteiger partial charge in [0.1, 0.15) is 0 Å². The lowest BCUT2D eigenvalue weighted by molar-refractivity contribution is 0.116. The van der Waals surface area contributed by atoms with E-state index in [9.17, 15) is 0 Å². The lowest BCUT2D eigenvalue weighted by Gasteiger charge is -2.23. The number of nitrogens with one attached hydrogen (secondary N) is 1. The molecule has 0 amide bonds. The van der Waals surface area contributed by atoms with Gasteiger partial charge >= 0.3 is 0 Å². The molecule has 2 nitrogen and oxygen atoms in total. The number of piperidine rings is 1. The van der Waals surface area contributed by atoms with E-state index >= 15 is 0 Å². The summed E-state index contributed by atoms with van der Waals surface area (Å²) < 4.78 is 5.59. The minimum Gasteiger partial charge on any atom is -0.379 e. The maximum absolute atomic E-state index is 5.59. The van der Waals surface area contributed by atoms with E-state index in [-0.39, 0.29) is 0 Å². The zero-order chi connectivity index (χ0) is 9.36. The van der Waals surface area contributed by atoms with Gasteiger partial charge in [0.15, 0.2) is 0 Å². The van der Waals surface area contributed by atoms with E-state index in [1.54, 1.807) is 0 Å². The minimum absolute atomic E-state index is 0.625. The zero-order valence-electron chi connectivity index (χ0n) is 8.55. The van der Waals surface area contributed by atoms with Crippen molar-refractivity contribution in [3.05, 3.63) is 0 Å². The Morgan fingerprint density at radius 3 is 3.08 bits per heavy atom. The molecule has 1 unspecified atom stereocenters. The van der Waals surface area contributed by atoms with Crippen molar-refractivity contribution in [3.8, 4) is 0 Å². The molecular formula is C10H21NOS. The molecule has 0 bridgehead atoms. The van der Waals surface area contributed by atoms with Gasteiger partial charge in [0, 0.05) is 11.8 Å². The molecule has 1 saturated heterocycles. The van der Waals surface area contributed by atoms with Gasteiger partial charge in [-0.05, 0) is 25.1 Å². The summed E-state index contributed by atoms with van der Waals surface area (Å²) in [7, 11) is 0. The second kappa shape index (κ2) is 7.65. The number of thioether (sulfide) groups is 1. The summed E-state index contributed by atoms with van der Waals surface area (Å²) >= 11 is 1.95. The Morgan fingerprint density at radius 1 is 1.46 bits per heavy atom. The lowest BCUT2D eigenvalue weighted by atomic mass is 10.1. The molecule has 0 aliphatic carbocycles. The van der Waals surface area contributed by atoms with Crippen molar-refractivity contribution in [2.45, 2.75) is 32.2 Å². The molecule has 1 aliphatic rings. The van der Waals surface area contributed by atoms with Crippen LogP contribution in [0.5, 0.6) is 0 Å². The van der Waals surface area contributed by atoms with E-state index < -0.39 is 0 Å². The van der Waals surface area contributed by atoms with Crippen molar-refractivity contribution in [3.63, 3.8) is 0 Å². The predicted molar refractivity (Wildman–Crippen MR) is 59.5 cm³/mol. The molecule has 3 heteroatoms. The SMILES string of the molecule is CCSCCOCC1CCCCN1. The highest BCUT2D eigenvalue weighted by Crippen LogP contribution is 2.07. The molecule has 1 rings (SSSR count). The first kappa shape index (κ1) is 11.3. The fraction of sp³-hybridized carbons (Fsp3) is 1.00. The smallest absolute Gasteiger partial charge is 0.0619 e. The van der Waals surface area contributed by atoms with Crippen LogP contribution in [0.25, 0.3) is 0 Å². The largest absolute Gasteiger partial charge is 0.379 e. The molecule has 1 atom stereocenters. The Kier molecular flexibility index (Phi) is 6.68. The van der Waals surface area contributed by atoms with Gasteiger partial charge in [0.25, 0.3) is 0 Å². The first-order valence-electron chi connectivity index (χ1n) is 5.32. The van der Waals surface area contributed by atoms with Crippen molar-refractivity contribution in [2.75, 3.05) is 31.3 Å². The van der Waals surface area contributed by atoms with Crippen LogP contribution in [0.3, 0.4) is 0 Å². The molecule has 1 N–H and O–H groups in total. The van der Waals surface area contributed by atoms with Crippen LogP contribution < -0.4 is 5.32 Å². The summed E-state index contributed by atoms with van der Waals surface area (Å²) in [6.45, 7) is 5.19. The molecule has 0 radical (unpaired) electrons. The van der Waals surface area contributed by atoms with E-state index in [0.717, 1.165) is 19.0 Å². The Balaban J connectivity index is 1.86. The summed E-state index contributed by atoms with van der Waals surface area (Å²) in [6, 6.07) is 0.625. The summed E-state index contributed by atoms with van der Waals surface area (Å²) in [5.41, 5.74) is 0. The number of hydrogen-bond acceptors (Lipinski definition) is 3. The van der Waals surface area contributed by atoms with E-state index in [2.05, 4.69) is 12.2 Å². The van der Waals surface area contributed by atoms with Gasteiger partial charge in [-0.2, -0.15) is 11.8 Å². The maximum Gasteiger partial charge on any atom is 0.0619 e. The van der Waals surface area contributed by atoms with Crippen LogP contribution in [0.2, 0.25) is 0 Å². The van der Waals surface area contributed by atoms with Gasteiger partial charge in [-0.3, -0.25) is 0 Å². The normalized spacial score (nSPS) is 23.3. The first-order chi connectivity index (χ1) is 6.43. The molecule has 13 heavy (non-hydrogen) atoms. The monoisotopic (exact) mass is 203 g/mol. The first-order valence-corrected chi connectivity index (χ1v) is 6.48. The van der Waals surface area contributed by atoms with Gasteiger partial charge in [0.2, 0.25) is 0 Å². The second-order valence-corrected chi connectivity index (χ2v) is 4.81. The topological polar surface area (TPSA) is 21.3 Å². The fourth-order valence-corrected chi connectivity index (χ4v) is 2.08. The molecule has 1 aliphatic heterocycles. The van der Waals surface area contributed by atoms with Gasteiger partial charge in [0.05, 0.1) is 13.2 Å². The summed E-state index contributed by atoms with van der Waals surface area (Å²) in [6.07, 6.45) is 3.99. The highest BCUT2D eigenvalue weighted by atomic mass is 32.2. The Morgan fingerprint density at radius 2 is 2.38 bits per heavy atom. The van der Waals surface area contributed by atoms with Crippen molar-refractivity contribution in [1.29, 1.82) is 0 Å². The molecule has 1 fully saturated rings. The maximum atomic E-state index is 5.59. The second-order valence-electron chi connectivity index (χ2n) is 3.42. The predicted octanol–water partition coefficient (Wildman–Crippen LogP) is 1.90. The molecular weight excluding hydrogens is 182 g/mol. The summed E-state index contributed by atoms with van der Waals surface area (Å²) in [5.74, 6) is 2.34. The average molecular weight is 203 g/mol. The molecule has 1 heterocycles. The van der Waals surface area contributed by atoms with Gasteiger partial charge in [-0.15, -0.1) is 0 Å². The van der Waals surface area contributed by atoms with Crippen LogP contribution in [-0.4, -0.2) is 37.3 Å². The van der Waals surface area contributed by atoms with Crippen LogP contribution in [0, 0.1) is 0 Å². The average Bonchev–Trinajstić information content (AvgIpc) is 2.19. The van der Waals surface area contributed by atoms with E-state index in [1.807, 2.05) is 11.8 Å². The van der Waals surface area contributed by atoms with Crippen LogP contribution >= 0.6 is 11.8 Å². The van der Waals surface area contributed by atoms with Crippen molar-refractivity contribution in [2.24, 2.45) is 0 Å². The van der Waals surface area contributed by atoms with Crippen molar-refractivity contribution in [1.82, 2.24) is 5.32 Å². The standard InChI is InChI=1S/C10H21NOS/c1-2-13-8-7-12-9-10-5-3-4-6-11-10/h10-11H,2-9H2,1H3. The molecule has 0 aromatic heterocycles. The highest BCUT2D eigenvalue weighted by molar-refractivity contribution is 7.99. The third-order valence-electron chi connectivity index (χ3n) is 2.31. The van der Waals surface area contributed by atoms with E-state index in [0.29, 0.717) is 6.04 Å². The lowest BCUT2D eigenvalue weighted by Crippen LogP contribution is -2.37. The summed E-state index contributed by atoms with van der Waals surface area (Å²) in [4.78, 5) is 0. The third kappa shape index (κ3) is 5.55. The van der Waals surface area contributed by atoms with E-state index in [1.165, 1.54) is 31.6 Å². The van der Waals surface area contributed by atoms with Crippen LogP contribution in [0.1, 0.15) is 26.2 Å². The van der Waals surface area contributed by atoms with Crippen molar-refractivity contribution >= 4 is 11.8 Å².